The maximum atomic E-state index is 11.7. The number of hydrogen-bond acceptors (Lipinski definition) is 4. The summed E-state index contributed by atoms with van der Waals surface area (Å²) in [6.45, 7) is 6.97. The molecule has 118 valence electrons. The van der Waals surface area contributed by atoms with Crippen LogP contribution in [0.4, 0.5) is 0 Å². The van der Waals surface area contributed by atoms with Gasteiger partial charge in [0.25, 0.3) is 0 Å². The molecule has 1 rings (SSSR count). The first-order chi connectivity index (χ1) is 9.75. The Hall–Kier alpha value is -1.59. The van der Waals surface area contributed by atoms with E-state index in [0.29, 0.717) is 12.1 Å². The predicted molar refractivity (Wildman–Crippen MR) is 83.8 cm³/mol. The molecule has 1 aromatic rings. The Morgan fingerprint density at radius 2 is 1.90 bits per heavy atom. The van der Waals surface area contributed by atoms with E-state index in [2.05, 4.69) is 5.32 Å². The molecular formula is C16H26N2O3. The SMILES string of the molecule is CC(C)Oc1ccc(C(C)(NCCN(C)C)C(=O)O)cc1. The summed E-state index contributed by atoms with van der Waals surface area (Å²) in [7, 11) is 3.91. The van der Waals surface area contributed by atoms with Crippen molar-refractivity contribution >= 4 is 5.97 Å². The third-order valence-electron chi connectivity index (χ3n) is 3.27. The quantitative estimate of drug-likeness (QED) is 0.767. The van der Waals surface area contributed by atoms with Crippen LogP contribution in [0.2, 0.25) is 0 Å². The largest absolute Gasteiger partial charge is 0.491 e. The smallest absolute Gasteiger partial charge is 0.328 e. The molecule has 5 heteroatoms. The van der Waals surface area contributed by atoms with Crippen LogP contribution in [-0.2, 0) is 10.3 Å². The lowest BCUT2D eigenvalue weighted by molar-refractivity contribution is -0.144. The number of ether oxygens (including phenoxy) is 1. The lowest BCUT2D eigenvalue weighted by Crippen LogP contribution is -2.48. The molecule has 1 atom stereocenters. The molecule has 0 aromatic heterocycles. The summed E-state index contributed by atoms with van der Waals surface area (Å²) >= 11 is 0. The fourth-order valence-electron chi connectivity index (χ4n) is 1.97. The van der Waals surface area contributed by atoms with Crippen molar-refractivity contribution in [3.63, 3.8) is 0 Å². The van der Waals surface area contributed by atoms with Gasteiger partial charge < -0.3 is 14.7 Å². The zero-order valence-corrected chi connectivity index (χ0v) is 13.5. The van der Waals surface area contributed by atoms with Crippen LogP contribution < -0.4 is 10.1 Å². The summed E-state index contributed by atoms with van der Waals surface area (Å²) in [4.78, 5) is 13.7. The normalized spacial score (nSPS) is 14.2. The number of aliphatic carboxylic acids is 1. The monoisotopic (exact) mass is 294 g/mol. The molecule has 0 aliphatic carbocycles. The van der Waals surface area contributed by atoms with Gasteiger partial charge in [0.1, 0.15) is 11.3 Å². The third kappa shape index (κ3) is 5.02. The first-order valence-electron chi connectivity index (χ1n) is 7.16. The second-order valence-electron chi connectivity index (χ2n) is 5.85. The highest BCUT2D eigenvalue weighted by Crippen LogP contribution is 2.24. The number of carboxylic acids is 1. The maximum absolute atomic E-state index is 11.7. The topological polar surface area (TPSA) is 61.8 Å². The Kier molecular flexibility index (Phi) is 6.18. The fourth-order valence-corrected chi connectivity index (χ4v) is 1.97. The number of likely N-dealkylation sites (N-methyl/N-ethyl adjacent to an activating group) is 1. The van der Waals surface area contributed by atoms with E-state index in [0.717, 1.165) is 12.3 Å². The third-order valence-corrected chi connectivity index (χ3v) is 3.27. The zero-order valence-electron chi connectivity index (χ0n) is 13.5. The molecule has 0 saturated heterocycles. The van der Waals surface area contributed by atoms with Crippen LogP contribution in [0.5, 0.6) is 5.75 Å². The van der Waals surface area contributed by atoms with Crippen molar-refractivity contribution in [1.82, 2.24) is 10.2 Å². The number of hydrogen-bond donors (Lipinski definition) is 2. The van der Waals surface area contributed by atoms with Crippen molar-refractivity contribution in [3.8, 4) is 5.75 Å². The van der Waals surface area contributed by atoms with Gasteiger partial charge in [0.15, 0.2) is 0 Å². The van der Waals surface area contributed by atoms with Gasteiger partial charge in [-0.2, -0.15) is 0 Å². The van der Waals surface area contributed by atoms with Crippen LogP contribution in [0.1, 0.15) is 26.3 Å². The summed E-state index contributed by atoms with van der Waals surface area (Å²) in [6.07, 6.45) is 0.0972. The van der Waals surface area contributed by atoms with Gasteiger partial charge in [-0.15, -0.1) is 0 Å². The van der Waals surface area contributed by atoms with Gasteiger partial charge >= 0.3 is 5.97 Å². The van der Waals surface area contributed by atoms with Gasteiger partial charge in [0.05, 0.1) is 6.10 Å². The van der Waals surface area contributed by atoms with Gasteiger partial charge in [-0.1, -0.05) is 12.1 Å². The molecule has 0 amide bonds. The van der Waals surface area contributed by atoms with E-state index < -0.39 is 11.5 Å². The van der Waals surface area contributed by atoms with Crippen LogP contribution in [-0.4, -0.2) is 49.3 Å². The number of nitrogens with one attached hydrogen (secondary N) is 1. The van der Waals surface area contributed by atoms with Gasteiger partial charge in [0, 0.05) is 13.1 Å². The van der Waals surface area contributed by atoms with E-state index in [1.54, 1.807) is 19.1 Å². The summed E-state index contributed by atoms with van der Waals surface area (Å²) in [5, 5.41) is 12.7. The predicted octanol–water partition coefficient (Wildman–Crippen LogP) is 1.92. The molecule has 1 unspecified atom stereocenters. The number of rotatable bonds is 8. The van der Waals surface area contributed by atoms with Crippen molar-refractivity contribution in [1.29, 1.82) is 0 Å². The van der Waals surface area contributed by atoms with Crippen molar-refractivity contribution in [2.24, 2.45) is 0 Å². The van der Waals surface area contributed by atoms with Crippen LogP contribution >= 0.6 is 0 Å². The molecule has 0 aliphatic rings. The van der Waals surface area contributed by atoms with Crippen LogP contribution in [0.25, 0.3) is 0 Å². The van der Waals surface area contributed by atoms with E-state index in [9.17, 15) is 9.90 Å². The molecule has 0 spiro atoms. The second kappa shape index (κ2) is 7.43. The Morgan fingerprint density at radius 3 is 2.33 bits per heavy atom. The van der Waals surface area contributed by atoms with Gasteiger partial charge in [-0.25, -0.2) is 4.79 Å². The van der Waals surface area contributed by atoms with Crippen molar-refractivity contribution in [3.05, 3.63) is 29.8 Å². The van der Waals surface area contributed by atoms with Crippen molar-refractivity contribution in [2.45, 2.75) is 32.4 Å². The number of carbonyl (C=O) groups is 1. The van der Waals surface area contributed by atoms with E-state index in [4.69, 9.17) is 4.74 Å². The van der Waals surface area contributed by atoms with Crippen molar-refractivity contribution in [2.75, 3.05) is 27.2 Å². The molecule has 1 aromatic carbocycles. The highest BCUT2D eigenvalue weighted by atomic mass is 16.5. The Balaban J connectivity index is 2.86. The second-order valence-corrected chi connectivity index (χ2v) is 5.85. The average Bonchev–Trinajstić information content (AvgIpc) is 2.37. The van der Waals surface area contributed by atoms with E-state index in [1.807, 2.05) is 45.0 Å². The molecule has 5 nitrogen and oxygen atoms in total. The summed E-state index contributed by atoms with van der Waals surface area (Å²) < 4.78 is 5.58. The number of nitrogens with zero attached hydrogens (tertiary/aromatic N) is 1. The Labute approximate surface area is 126 Å². The van der Waals surface area contributed by atoms with E-state index >= 15 is 0 Å². The molecule has 0 fully saturated rings. The summed E-state index contributed by atoms with van der Waals surface area (Å²) in [5.41, 5.74) is -0.392. The minimum absolute atomic E-state index is 0.0972. The molecule has 2 N–H and O–H groups in total. The molecule has 0 bridgehead atoms. The van der Waals surface area contributed by atoms with Gasteiger partial charge in [-0.3, -0.25) is 5.32 Å². The summed E-state index contributed by atoms with van der Waals surface area (Å²) in [5.74, 6) is -0.145. The van der Waals surface area contributed by atoms with Crippen LogP contribution in [0, 0.1) is 0 Å². The van der Waals surface area contributed by atoms with E-state index in [-0.39, 0.29) is 6.10 Å². The fraction of sp³-hybridized carbons (Fsp3) is 0.562. The van der Waals surface area contributed by atoms with Crippen LogP contribution in [0.15, 0.2) is 24.3 Å². The minimum atomic E-state index is -1.10. The lowest BCUT2D eigenvalue weighted by atomic mass is 9.92. The molecule has 0 saturated carbocycles. The average molecular weight is 294 g/mol. The zero-order chi connectivity index (χ0) is 16.0. The Bertz CT molecular complexity index is 457. The highest BCUT2D eigenvalue weighted by molar-refractivity contribution is 5.80. The standard InChI is InChI=1S/C16H26N2O3/c1-12(2)21-14-8-6-13(7-9-14)16(3,15(19)20)17-10-11-18(4)5/h6-9,12,17H,10-11H2,1-5H3,(H,19,20). The van der Waals surface area contributed by atoms with Gasteiger partial charge in [-0.05, 0) is 52.6 Å². The maximum Gasteiger partial charge on any atom is 0.328 e. The molecular weight excluding hydrogens is 268 g/mol. The first-order valence-corrected chi connectivity index (χ1v) is 7.16. The van der Waals surface area contributed by atoms with Gasteiger partial charge in [0.2, 0.25) is 0 Å². The van der Waals surface area contributed by atoms with E-state index in [1.165, 1.54) is 0 Å². The number of carboxylic acid groups (broad SMARTS) is 1. The minimum Gasteiger partial charge on any atom is -0.491 e. The molecule has 0 radical (unpaired) electrons. The van der Waals surface area contributed by atoms with Crippen molar-refractivity contribution < 1.29 is 14.6 Å². The Morgan fingerprint density at radius 1 is 1.33 bits per heavy atom. The molecule has 21 heavy (non-hydrogen) atoms. The van der Waals surface area contributed by atoms with Crippen LogP contribution in [0.3, 0.4) is 0 Å². The highest BCUT2D eigenvalue weighted by Gasteiger charge is 2.34. The lowest BCUT2D eigenvalue weighted by Gasteiger charge is -2.28. The summed E-state index contributed by atoms with van der Waals surface area (Å²) in [6, 6.07) is 7.22. The number of benzene rings is 1. The first kappa shape index (κ1) is 17.5. The molecule has 0 heterocycles. The molecule has 0 aliphatic heterocycles.